The molecule has 0 bridgehead atoms. The molecule has 0 unspecified atom stereocenters. The highest BCUT2D eigenvalue weighted by Crippen LogP contribution is 2.26. The van der Waals surface area contributed by atoms with Crippen LogP contribution in [-0.4, -0.2) is 84.5 Å². The summed E-state index contributed by atoms with van der Waals surface area (Å²) in [6, 6.07) is 1.74. The normalized spacial score (nSPS) is 15.4. The van der Waals surface area contributed by atoms with Gasteiger partial charge in [0.25, 0.3) is 11.1 Å². The van der Waals surface area contributed by atoms with E-state index < -0.39 is 5.91 Å². The molecule has 1 aromatic rings. The van der Waals surface area contributed by atoms with Crippen molar-refractivity contribution in [1.29, 1.82) is 0 Å². The van der Waals surface area contributed by atoms with Crippen LogP contribution in [0, 0.1) is 0 Å². The predicted octanol–water partition coefficient (Wildman–Crippen LogP) is 1.01. The first-order valence-electron chi connectivity index (χ1n) is 9.27. The number of hydrogen-bond donors (Lipinski definition) is 2. The van der Waals surface area contributed by atoms with Crippen molar-refractivity contribution in [3.63, 3.8) is 0 Å². The van der Waals surface area contributed by atoms with Crippen molar-refractivity contribution in [3.8, 4) is 0 Å². The Bertz CT molecular complexity index is 738. The summed E-state index contributed by atoms with van der Waals surface area (Å²) in [7, 11) is 3.75. The molecule has 1 saturated heterocycles. The van der Waals surface area contributed by atoms with Gasteiger partial charge in [-0.2, -0.15) is 4.98 Å². The molecular formula is C18H28N6O3S. The van der Waals surface area contributed by atoms with E-state index in [1.165, 1.54) is 0 Å². The number of rotatable bonds is 10. The molecule has 0 atom stereocenters. The van der Waals surface area contributed by atoms with Gasteiger partial charge < -0.3 is 19.8 Å². The Kier molecular flexibility index (Phi) is 8.21. The van der Waals surface area contributed by atoms with Crippen LogP contribution >= 0.6 is 11.8 Å². The lowest BCUT2D eigenvalue weighted by molar-refractivity contribution is -0.115. The number of aliphatic hydroxyl groups excluding tert-OH is 1. The van der Waals surface area contributed by atoms with Crippen LogP contribution in [0.3, 0.4) is 0 Å². The Balaban J connectivity index is 2.30. The van der Waals surface area contributed by atoms with Crippen LogP contribution in [0.1, 0.15) is 19.5 Å². The van der Waals surface area contributed by atoms with E-state index in [0.29, 0.717) is 28.9 Å². The SMILES string of the molecule is CCN(CC)CCN(C)c1nc(C=C2SC(=O)NC2=O)cc(N(C)CCO)n1. The Morgan fingerprint density at radius 2 is 1.82 bits per heavy atom. The molecule has 0 radical (unpaired) electrons. The van der Waals surface area contributed by atoms with Crippen LogP contribution in [0.4, 0.5) is 16.6 Å². The van der Waals surface area contributed by atoms with Gasteiger partial charge in [0, 0.05) is 39.8 Å². The summed E-state index contributed by atoms with van der Waals surface area (Å²) in [5.74, 6) is 0.738. The van der Waals surface area contributed by atoms with Gasteiger partial charge >= 0.3 is 0 Å². The lowest BCUT2D eigenvalue weighted by Gasteiger charge is -2.25. The maximum atomic E-state index is 11.8. The molecule has 0 aromatic carbocycles. The summed E-state index contributed by atoms with van der Waals surface area (Å²) in [5.41, 5.74) is 0.534. The van der Waals surface area contributed by atoms with E-state index in [4.69, 9.17) is 0 Å². The standard InChI is InChI=1S/C18H28N6O3S/c1-5-24(6-2)8-7-23(4)17-19-13(11-14-16(26)21-18(27)28-14)12-15(20-17)22(3)9-10-25/h11-12,25H,5-10H2,1-4H3,(H,21,26,27). The molecule has 1 aliphatic rings. The number of aromatic nitrogens is 2. The maximum Gasteiger partial charge on any atom is 0.290 e. The van der Waals surface area contributed by atoms with Crippen molar-refractivity contribution < 1.29 is 14.7 Å². The largest absolute Gasteiger partial charge is 0.395 e. The third-order valence-corrected chi connectivity index (χ3v) is 5.27. The van der Waals surface area contributed by atoms with Crippen LogP contribution in [0.15, 0.2) is 11.0 Å². The summed E-state index contributed by atoms with van der Waals surface area (Å²) in [6.07, 6.45) is 1.59. The van der Waals surface area contributed by atoms with E-state index in [2.05, 4.69) is 34.0 Å². The van der Waals surface area contributed by atoms with Gasteiger partial charge in [-0.05, 0) is 30.9 Å². The Morgan fingerprint density at radius 3 is 2.39 bits per heavy atom. The molecule has 1 fully saturated rings. The number of likely N-dealkylation sites (N-methyl/N-ethyl adjacent to an activating group) is 3. The molecule has 28 heavy (non-hydrogen) atoms. The molecule has 10 heteroatoms. The maximum absolute atomic E-state index is 11.8. The number of carbonyl (C=O) groups is 2. The minimum Gasteiger partial charge on any atom is -0.395 e. The number of nitrogens with zero attached hydrogens (tertiary/aromatic N) is 5. The molecule has 2 N–H and O–H groups in total. The predicted molar refractivity (Wildman–Crippen MR) is 113 cm³/mol. The molecule has 1 aromatic heterocycles. The number of imide groups is 1. The topological polar surface area (TPSA) is 102 Å². The fourth-order valence-corrected chi connectivity index (χ4v) is 3.30. The Hall–Kier alpha value is -2.17. The van der Waals surface area contributed by atoms with Crippen molar-refractivity contribution in [2.75, 3.05) is 63.2 Å². The average molecular weight is 409 g/mol. The smallest absolute Gasteiger partial charge is 0.290 e. The number of carbonyl (C=O) groups excluding carboxylic acids is 2. The van der Waals surface area contributed by atoms with E-state index in [1.54, 1.807) is 12.1 Å². The molecular weight excluding hydrogens is 380 g/mol. The molecule has 9 nitrogen and oxygen atoms in total. The van der Waals surface area contributed by atoms with E-state index in [-0.39, 0.29) is 11.8 Å². The van der Waals surface area contributed by atoms with Gasteiger partial charge in [0.2, 0.25) is 5.95 Å². The zero-order chi connectivity index (χ0) is 20.7. The summed E-state index contributed by atoms with van der Waals surface area (Å²) in [6.45, 7) is 8.25. The number of thioether (sulfide) groups is 1. The highest BCUT2D eigenvalue weighted by Gasteiger charge is 2.25. The van der Waals surface area contributed by atoms with Gasteiger partial charge in [0.05, 0.1) is 17.2 Å². The average Bonchev–Trinajstić information content (AvgIpc) is 2.99. The molecule has 2 heterocycles. The molecule has 0 saturated carbocycles. The second-order valence-corrected chi connectivity index (χ2v) is 7.41. The third-order valence-electron chi connectivity index (χ3n) is 4.46. The number of amides is 2. The van der Waals surface area contributed by atoms with Crippen LogP contribution in [-0.2, 0) is 4.79 Å². The second-order valence-electron chi connectivity index (χ2n) is 6.40. The van der Waals surface area contributed by atoms with Gasteiger partial charge in [-0.1, -0.05) is 13.8 Å². The van der Waals surface area contributed by atoms with Gasteiger partial charge in [-0.25, -0.2) is 4.98 Å². The number of aliphatic hydroxyl groups is 1. The van der Waals surface area contributed by atoms with Crippen LogP contribution in [0.2, 0.25) is 0 Å². The monoisotopic (exact) mass is 408 g/mol. The first kappa shape index (κ1) is 22.1. The lowest BCUT2D eigenvalue weighted by Crippen LogP contribution is -2.34. The fraction of sp³-hybridized carbons (Fsp3) is 0.556. The summed E-state index contributed by atoms with van der Waals surface area (Å²) in [5, 5.41) is 11.1. The van der Waals surface area contributed by atoms with E-state index >= 15 is 0 Å². The lowest BCUT2D eigenvalue weighted by atomic mass is 10.3. The highest BCUT2D eigenvalue weighted by molar-refractivity contribution is 8.18. The van der Waals surface area contributed by atoms with Gasteiger partial charge in [-0.3, -0.25) is 14.9 Å². The summed E-state index contributed by atoms with van der Waals surface area (Å²) in [4.78, 5) is 38.8. The van der Waals surface area contributed by atoms with Gasteiger partial charge in [0.1, 0.15) is 5.82 Å². The zero-order valence-electron chi connectivity index (χ0n) is 16.8. The van der Waals surface area contributed by atoms with Gasteiger partial charge in [0.15, 0.2) is 0 Å². The molecule has 2 rings (SSSR count). The van der Waals surface area contributed by atoms with Crippen molar-refractivity contribution in [1.82, 2.24) is 20.2 Å². The third kappa shape index (κ3) is 5.91. The molecule has 1 aliphatic heterocycles. The van der Waals surface area contributed by atoms with Crippen LogP contribution in [0.5, 0.6) is 0 Å². The first-order valence-corrected chi connectivity index (χ1v) is 10.1. The quantitative estimate of drug-likeness (QED) is 0.549. The van der Waals surface area contributed by atoms with Crippen molar-refractivity contribution in [3.05, 3.63) is 16.7 Å². The van der Waals surface area contributed by atoms with Crippen molar-refractivity contribution in [2.45, 2.75) is 13.8 Å². The van der Waals surface area contributed by atoms with Gasteiger partial charge in [-0.15, -0.1) is 0 Å². The summed E-state index contributed by atoms with van der Waals surface area (Å²) < 4.78 is 0. The minimum absolute atomic E-state index is 0.00316. The van der Waals surface area contributed by atoms with E-state index in [0.717, 1.165) is 37.9 Å². The highest BCUT2D eigenvalue weighted by atomic mass is 32.2. The molecule has 2 amide bonds. The van der Waals surface area contributed by atoms with E-state index in [1.807, 2.05) is 23.9 Å². The van der Waals surface area contributed by atoms with E-state index in [9.17, 15) is 14.7 Å². The molecule has 0 spiro atoms. The zero-order valence-corrected chi connectivity index (χ0v) is 17.6. The van der Waals surface area contributed by atoms with Crippen LogP contribution < -0.4 is 15.1 Å². The minimum atomic E-state index is -0.421. The van der Waals surface area contributed by atoms with Crippen molar-refractivity contribution >= 4 is 40.8 Å². The summed E-state index contributed by atoms with van der Waals surface area (Å²) >= 11 is 0.855. The second kappa shape index (κ2) is 10.4. The number of anilines is 2. The molecule has 154 valence electrons. The Morgan fingerprint density at radius 1 is 1.11 bits per heavy atom. The first-order chi connectivity index (χ1) is 13.4. The number of hydrogen-bond acceptors (Lipinski definition) is 9. The fourth-order valence-electron chi connectivity index (χ4n) is 2.63. The molecule has 0 aliphatic carbocycles. The van der Waals surface area contributed by atoms with Crippen molar-refractivity contribution in [2.24, 2.45) is 0 Å². The number of nitrogens with one attached hydrogen (secondary N) is 1. The van der Waals surface area contributed by atoms with Crippen LogP contribution in [0.25, 0.3) is 6.08 Å². The Labute approximate surface area is 169 Å².